The Morgan fingerprint density at radius 3 is 2.16 bits per heavy atom. The van der Waals surface area contributed by atoms with Gasteiger partial charge in [-0.3, -0.25) is 4.79 Å². The van der Waals surface area contributed by atoms with Crippen molar-refractivity contribution in [1.29, 1.82) is 0 Å². The first-order valence-corrected chi connectivity index (χ1v) is 12.4. The Balaban J connectivity index is 1.30. The molecule has 0 spiro atoms. The summed E-state index contributed by atoms with van der Waals surface area (Å²) in [7, 11) is -0.715. The van der Waals surface area contributed by atoms with Gasteiger partial charge in [0.15, 0.2) is 12.0 Å². The van der Waals surface area contributed by atoms with Gasteiger partial charge < -0.3 is 23.8 Å². The Morgan fingerprint density at radius 2 is 1.57 bits per heavy atom. The minimum absolute atomic E-state index is 0.0302. The molecule has 0 unspecified atom stereocenters. The van der Waals surface area contributed by atoms with Crippen molar-refractivity contribution >= 4 is 25.6 Å². The van der Waals surface area contributed by atoms with Gasteiger partial charge in [-0.25, -0.2) is 4.79 Å². The number of hydrogen-bond donors (Lipinski definition) is 1. The van der Waals surface area contributed by atoms with Gasteiger partial charge in [0.25, 0.3) is 0 Å². The highest BCUT2D eigenvalue weighted by Crippen LogP contribution is 2.44. The summed E-state index contributed by atoms with van der Waals surface area (Å²) >= 11 is 0. The van der Waals surface area contributed by atoms with Crippen LogP contribution in [0.2, 0.25) is 0 Å². The number of nitrogens with one attached hydrogen (secondary N) is 1. The maximum atomic E-state index is 12.8. The first kappa shape index (κ1) is 25.1. The Kier molecular flexibility index (Phi) is 6.56. The predicted molar refractivity (Wildman–Crippen MR) is 141 cm³/mol. The van der Waals surface area contributed by atoms with E-state index in [0.29, 0.717) is 17.3 Å². The van der Waals surface area contributed by atoms with Crippen LogP contribution in [0.25, 0.3) is 17.2 Å². The molecule has 0 atom stereocenters. The summed E-state index contributed by atoms with van der Waals surface area (Å²) in [6.45, 7) is 8.15. The number of carbonyl (C=O) groups excluding carboxylic acids is 2. The molecule has 0 radical (unpaired) electrons. The molecule has 8 heteroatoms. The molecule has 1 fully saturated rings. The second-order valence-corrected chi connectivity index (χ2v) is 10.3. The molecule has 1 aromatic heterocycles. The average Bonchev–Trinajstić information content (AvgIpc) is 3.52. The fourth-order valence-electron chi connectivity index (χ4n) is 4.77. The lowest BCUT2D eigenvalue weighted by atomic mass is 9.77. The minimum Gasteiger partial charge on any atom is -0.461 e. The van der Waals surface area contributed by atoms with E-state index in [0.717, 1.165) is 11.1 Å². The van der Waals surface area contributed by atoms with Crippen molar-refractivity contribution in [1.82, 2.24) is 5.32 Å². The number of furan rings is 1. The molecule has 1 N–H and O–H groups in total. The number of aldehydes is 1. The van der Waals surface area contributed by atoms with E-state index < -0.39 is 24.4 Å². The van der Waals surface area contributed by atoms with Crippen molar-refractivity contribution in [2.24, 2.45) is 0 Å². The molecule has 0 bridgehead atoms. The molecular weight excluding hydrogens is 469 g/mol. The van der Waals surface area contributed by atoms with E-state index in [1.54, 1.807) is 12.1 Å². The maximum absolute atomic E-state index is 12.8. The van der Waals surface area contributed by atoms with Crippen molar-refractivity contribution < 1.29 is 28.1 Å². The van der Waals surface area contributed by atoms with Gasteiger partial charge in [-0.05, 0) is 61.5 Å². The highest BCUT2D eigenvalue weighted by atomic mass is 16.7. The topological polar surface area (TPSA) is 87.0 Å². The molecule has 1 amide bonds. The standard InChI is InChI=1S/C29H30BNO6/c1-28(2)29(3,4)37-30(36-28)20(15-19-13-14-34-26(19)17-32)16-31-27(33)35-18-25-23-11-7-5-9-21(23)22-10-6-8-12-24(22)25/h5-15,17,25H,16,18H2,1-4H3,(H,31,33). The van der Waals surface area contributed by atoms with Gasteiger partial charge in [0, 0.05) is 18.0 Å². The third-order valence-corrected chi connectivity index (χ3v) is 7.51. The van der Waals surface area contributed by atoms with Gasteiger partial charge in [-0.1, -0.05) is 54.6 Å². The van der Waals surface area contributed by atoms with Crippen molar-refractivity contribution in [2.45, 2.75) is 44.8 Å². The van der Waals surface area contributed by atoms with Crippen molar-refractivity contribution in [3.63, 3.8) is 0 Å². The van der Waals surface area contributed by atoms with Gasteiger partial charge in [0.05, 0.1) is 17.5 Å². The molecule has 5 rings (SSSR count). The number of rotatable bonds is 7. The third kappa shape index (κ3) is 4.74. The third-order valence-electron chi connectivity index (χ3n) is 7.51. The molecular formula is C29H30BNO6. The smallest absolute Gasteiger partial charge is 0.461 e. The highest BCUT2D eigenvalue weighted by molar-refractivity contribution is 6.56. The van der Waals surface area contributed by atoms with Crippen LogP contribution in [-0.2, 0) is 14.0 Å². The lowest BCUT2D eigenvalue weighted by molar-refractivity contribution is 0.00578. The van der Waals surface area contributed by atoms with E-state index in [-0.39, 0.29) is 24.8 Å². The first-order valence-electron chi connectivity index (χ1n) is 12.4. The van der Waals surface area contributed by atoms with Gasteiger partial charge in [-0.2, -0.15) is 0 Å². The summed E-state index contributed by atoms with van der Waals surface area (Å²) in [4.78, 5) is 24.2. The number of fused-ring (bicyclic) bond motifs is 3. The molecule has 2 aromatic carbocycles. The van der Waals surface area contributed by atoms with E-state index in [1.807, 2.05) is 52.0 Å². The SMILES string of the molecule is CC1(C)OB(C(=Cc2ccoc2C=O)CNC(=O)OCC2c3ccccc3-c3ccccc32)OC1(C)C. The van der Waals surface area contributed by atoms with Crippen LogP contribution in [0.5, 0.6) is 0 Å². The van der Waals surface area contributed by atoms with Crippen LogP contribution in [0.1, 0.15) is 60.9 Å². The fourth-order valence-corrected chi connectivity index (χ4v) is 4.77. The fraction of sp³-hybridized carbons (Fsp3) is 0.310. The maximum Gasteiger partial charge on any atom is 0.492 e. The van der Waals surface area contributed by atoms with Crippen molar-refractivity contribution in [3.8, 4) is 11.1 Å². The summed E-state index contributed by atoms with van der Waals surface area (Å²) in [6, 6.07) is 18.1. The zero-order chi connectivity index (χ0) is 26.2. The molecule has 2 heterocycles. The van der Waals surface area contributed by atoms with Gasteiger partial charge >= 0.3 is 13.2 Å². The monoisotopic (exact) mass is 499 g/mol. The molecule has 7 nitrogen and oxygen atoms in total. The Morgan fingerprint density at radius 1 is 0.973 bits per heavy atom. The molecule has 0 saturated carbocycles. The van der Waals surface area contributed by atoms with Crippen LogP contribution in [0.3, 0.4) is 0 Å². The number of benzene rings is 2. The van der Waals surface area contributed by atoms with Crippen LogP contribution >= 0.6 is 0 Å². The van der Waals surface area contributed by atoms with E-state index >= 15 is 0 Å². The van der Waals surface area contributed by atoms with Crippen molar-refractivity contribution in [2.75, 3.05) is 13.2 Å². The normalized spacial score (nSPS) is 17.8. The zero-order valence-corrected chi connectivity index (χ0v) is 21.4. The second kappa shape index (κ2) is 9.69. The average molecular weight is 499 g/mol. The molecule has 1 aliphatic heterocycles. The van der Waals surface area contributed by atoms with E-state index in [1.165, 1.54) is 17.4 Å². The number of amides is 1. The van der Waals surface area contributed by atoms with Gasteiger partial charge in [0.2, 0.25) is 0 Å². The molecule has 190 valence electrons. The van der Waals surface area contributed by atoms with E-state index in [9.17, 15) is 9.59 Å². The molecule has 1 saturated heterocycles. The number of hydrogen-bond acceptors (Lipinski definition) is 6. The molecule has 3 aromatic rings. The summed E-state index contributed by atoms with van der Waals surface area (Å²) < 4.78 is 23.3. The van der Waals surface area contributed by atoms with Crippen LogP contribution in [0.4, 0.5) is 4.79 Å². The Labute approximate surface area is 216 Å². The van der Waals surface area contributed by atoms with E-state index in [4.69, 9.17) is 18.5 Å². The summed E-state index contributed by atoms with van der Waals surface area (Å²) in [5.74, 6) is 0.160. The number of carbonyl (C=O) groups is 2. The summed E-state index contributed by atoms with van der Waals surface area (Å²) in [5.41, 5.74) is 4.72. The van der Waals surface area contributed by atoms with E-state index in [2.05, 4.69) is 29.6 Å². The number of alkyl carbamates (subject to hydrolysis) is 1. The van der Waals surface area contributed by atoms with Gasteiger partial charge in [-0.15, -0.1) is 0 Å². The Hall–Kier alpha value is -3.62. The van der Waals surface area contributed by atoms with Gasteiger partial charge in [0.1, 0.15) is 6.61 Å². The van der Waals surface area contributed by atoms with Crippen LogP contribution < -0.4 is 5.32 Å². The predicted octanol–water partition coefficient (Wildman–Crippen LogP) is 5.65. The zero-order valence-electron chi connectivity index (χ0n) is 21.4. The second-order valence-electron chi connectivity index (χ2n) is 10.3. The molecule has 1 aliphatic carbocycles. The van der Waals surface area contributed by atoms with Crippen molar-refractivity contribution in [3.05, 3.63) is 88.8 Å². The minimum atomic E-state index is -0.715. The van der Waals surface area contributed by atoms with Crippen LogP contribution in [0.15, 0.2) is 70.8 Å². The van der Waals surface area contributed by atoms with Crippen LogP contribution in [0, 0.1) is 0 Å². The Bertz CT molecular complexity index is 1300. The summed E-state index contributed by atoms with van der Waals surface area (Å²) in [5, 5.41) is 2.83. The lowest BCUT2D eigenvalue weighted by Gasteiger charge is -2.32. The molecule has 37 heavy (non-hydrogen) atoms. The number of ether oxygens (including phenoxy) is 1. The first-order chi connectivity index (χ1) is 17.7. The molecule has 2 aliphatic rings. The summed E-state index contributed by atoms with van der Waals surface area (Å²) in [6.07, 6.45) is 3.29. The lowest BCUT2D eigenvalue weighted by Crippen LogP contribution is -2.41. The highest BCUT2D eigenvalue weighted by Gasteiger charge is 2.52. The van der Waals surface area contributed by atoms with Crippen LogP contribution in [-0.4, -0.2) is 43.9 Å². The quantitative estimate of drug-likeness (QED) is 0.334. The largest absolute Gasteiger partial charge is 0.492 e.